The van der Waals surface area contributed by atoms with Crippen molar-refractivity contribution in [3.05, 3.63) is 18.1 Å². The van der Waals surface area contributed by atoms with Gasteiger partial charge < -0.3 is 14.5 Å². The third kappa shape index (κ3) is 4.22. The van der Waals surface area contributed by atoms with Gasteiger partial charge in [-0.1, -0.05) is 0 Å². The molecule has 2 aliphatic heterocycles. The molecule has 1 aromatic rings. The number of rotatable bonds is 5. The molecule has 2 N–H and O–H groups in total. The molecule has 4 rings (SSSR count). The number of aromatic nitrogens is 2. The molecular weight excluding hydrogens is 375 g/mol. The van der Waals surface area contributed by atoms with Gasteiger partial charge in [-0.3, -0.25) is 10.2 Å². The normalized spacial score (nSPS) is 32.7. The molecule has 5 unspecified atom stereocenters. The van der Waals surface area contributed by atoms with Gasteiger partial charge in [0.1, 0.15) is 18.3 Å². The minimum Gasteiger partial charge on any atom is -0.373 e. The van der Waals surface area contributed by atoms with Gasteiger partial charge in [-0.2, -0.15) is 0 Å². The first-order valence-corrected chi connectivity index (χ1v) is 10.6. The number of piperazine rings is 1. The standard InChI is InChI=1S/C20H31FN6O2/c1-4-26-5-6-27(10-19(26)28)18-9-16(22-11-23-18)20-13-7-17(29-12(2)3)14(21)8-15(13)24-25-20/h9,11-15,17,20,24-25H,4-8,10H2,1-3H3. The summed E-state index contributed by atoms with van der Waals surface area (Å²) in [6.07, 6.45) is 1.27. The summed E-state index contributed by atoms with van der Waals surface area (Å²) in [7, 11) is 0. The number of halogens is 1. The summed E-state index contributed by atoms with van der Waals surface area (Å²) in [5.74, 6) is 1.07. The van der Waals surface area contributed by atoms with Crippen LogP contribution in [-0.2, 0) is 9.53 Å². The number of nitrogens with zero attached hydrogens (tertiary/aromatic N) is 4. The number of hydrogen-bond acceptors (Lipinski definition) is 7. The van der Waals surface area contributed by atoms with Gasteiger partial charge in [-0.15, -0.1) is 0 Å². The zero-order chi connectivity index (χ0) is 20.5. The Balaban J connectivity index is 1.49. The van der Waals surface area contributed by atoms with Gasteiger partial charge in [0.05, 0.1) is 30.5 Å². The van der Waals surface area contributed by atoms with Crippen molar-refractivity contribution < 1.29 is 13.9 Å². The van der Waals surface area contributed by atoms with Crippen LogP contribution in [0.1, 0.15) is 45.3 Å². The topological polar surface area (TPSA) is 82.6 Å². The Bertz CT molecular complexity index is 735. The molecule has 8 nitrogen and oxygen atoms in total. The van der Waals surface area contributed by atoms with Crippen molar-refractivity contribution in [3.8, 4) is 0 Å². The Morgan fingerprint density at radius 3 is 2.83 bits per heavy atom. The van der Waals surface area contributed by atoms with Crippen LogP contribution in [-0.4, -0.2) is 71.4 Å². The Kier molecular flexibility index (Phi) is 5.98. The highest BCUT2D eigenvalue weighted by Crippen LogP contribution is 2.40. The Morgan fingerprint density at radius 2 is 2.10 bits per heavy atom. The Morgan fingerprint density at radius 1 is 1.28 bits per heavy atom. The number of hydrazine groups is 1. The second-order valence-corrected chi connectivity index (χ2v) is 8.44. The van der Waals surface area contributed by atoms with Gasteiger partial charge in [0, 0.05) is 37.7 Å². The van der Waals surface area contributed by atoms with Crippen molar-refractivity contribution in [3.63, 3.8) is 0 Å². The highest BCUT2D eigenvalue weighted by atomic mass is 19.1. The number of ether oxygens (including phenoxy) is 1. The highest BCUT2D eigenvalue weighted by Gasteiger charge is 2.46. The van der Waals surface area contributed by atoms with Gasteiger partial charge in [-0.25, -0.2) is 19.8 Å². The monoisotopic (exact) mass is 406 g/mol. The van der Waals surface area contributed by atoms with Crippen LogP contribution in [0.5, 0.6) is 0 Å². The van der Waals surface area contributed by atoms with Crippen LogP contribution in [0.3, 0.4) is 0 Å². The van der Waals surface area contributed by atoms with Gasteiger partial charge in [-0.05, 0) is 33.6 Å². The summed E-state index contributed by atoms with van der Waals surface area (Å²) < 4.78 is 20.4. The number of amides is 1. The summed E-state index contributed by atoms with van der Waals surface area (Å²) in [5.41, 5.74) is 7.42. The van der Waals surface area contributed by atoms with E-state index in [9.17, 15) is 9.18 Å². The van der Waals surface area contributed by atoms with Crippen molar-refractivity contribution in [1.29, 1.82) is 0 Å². The average Bonchev–Trinajstić information content (AvgIpc) is 3.10. The number of carbonyl (C=O) groups excluding carboxylic acids is 1. The number of carbonyl (C=O) groups is 1. The number of fused-ring (bicyclic) bond motifs is 1. The predicted octanol–water partition coefficient (Wildman–Crippen LogP) is 1.20. The predicted molar refractivity (Wildman–Crippen MR) is 107 cm³/mol. The Hall–Kier alpha value is -1.84. The lowest BCUT2D eigenvalue weighted by atomic mass is 9.78. The lowest BCUT2D eigenvalue weighted by molar-refractivity contribution is -0.130. The maximum atomic E-state index is 14.5. The molecule has 2 saturated heterocycles. The summed E-state index contributed by atoms with van der Waals surface area (Å²) in [6, 6.07) is 1.96. The van der Waals surface area contributed by atoms with E-state index in [4.69, 9.17) is 4.74 Å². The van der Waals surface area contributed by atoms with Crippen LogP contribution in [0.25, 0.3) is 0 Å². The maximum absolute atomic E-state index is 14.5. The molecule has 0 radical (unpaired) electrons. The molecule has 160 valence electrons. The van der Waals surface area contributed by atoms with E-state index in [1.165, 1.54) is 0 Å². The van der Waals surface area contributed by atoms with Crippen molar-refractivity contribution in [1.82, 2.24) is 25.7 Å². The summed E-state index contributed by atoms with van der Waals surface area (Å²) in [6.45, 7) is 8.41. The average molecular weight is 407 g/mol. The first kappa shape index (κ1) is 20.4. The second kappa shape index (κ2) is 8.49. The molecule has 1 aliphatic carbocycles. The fourth-order valence-electron chi connectivity index (χ4n) is 4.71. The van der Waals surface area contributed by atoms with Gasteiger partial charge in [0.2, 0.25) is 5.91 Å². The van der Waals surface area contributed by atoms with Crippen molar-refractivity contribution >= 4 is 11.7 Å². The number of likely N-dealkylation sites (N-methyl/N-ethyl adjacent to an activating group) is 1. The molecule has 29 heavy (non-hydrogen) atoms. The molecule has 1 aromatic heterocycles. The number of anilines is 1. The molecule has 0 bridgehead atoms. The summed E-state index contributed by atoms with van der Waals surface area (Å²) in [4.78, 5) is 25.0. The quantitative estimate of drug-likeness (QED) is 0.760. The van der Waals surface area contributed by atoms with Crippen LogP contribution in [0, 0.1) is 5.92 Å². The number of alkyl halides is 1. The van der Waals surface area contributed by atoms with Crippen LogP contribution >= 0.6 is 0 Å². The second-order valence-electron chi connectivity index (χ2n) is 8.44. The number of nitrogens with one attached hydrogen (secondary N) is 2. The minimum atomic E-state index is -0.964. The molecule has 3 aliphatic rings. The molecule has 1 saturated carbocycles. The highest BCUT2D eigenvalue weighted by molar-refractivity contribution is 5.82. The smallest absolute Gasteiger partial charge is 0.242 e. The number of hydrogen-bond donors (Lipinski definition) is 2. The van der Waals surface area contributed by atoms with Crippen molar-refractivity contribution in [2.75, 3.05) is 31.1 Å². The van der Waals surface area contributed by atoms with Crippen molar-refractivity contribution in [2.45, 2.75) is 64.1 Å². The van der Waals surface area contributed by atoms with E-state index in [0.29, 0.717) is 25.9 Å². The zero-order valence-corrected chi connectivity index (χ0v) is 17.3. The van der Waals surface area contributed by atoms with E-state index in [1.54, 1.807) is 6.33 Å². The van der Waals surface area contributed by atoms with Crippen LogP contribution in [0.4, 0.5) is 10.2 Å². The molecule has 3 heterocycles. The molecule has 0 spiro atoms. The third-order valence-corrected chi connectivity index (χ3v) is 6.22. The SMILES string of the molecule is CCN1CCN(c2cc(C3NNC4CC(F)C(OC(C)C)CC43)ncn2)CC1=O. The fraction of sp³-hybridized carbons (Fsp3) is 0.750. The lowest BCUT2D eigenvalue weighted by Crippen LogP contribution is -2.50. The maximum Gasteiger partial charge on any atom is 0.242 e. The zero-order valence-electron chi connectivity index (χ0n) is 17.3. The molecule has 1 amide bonds. The van der Waals surface area contributed by atoms with Gasteiger partial charge in [0.15, 0.2) is 0 Å². The van der Waals surface area contributed by atoms with E-state index < -0.39 is 6.17 Å². The van der Waals surface area contributed by atoms with E-state index >= 15 is 0 Å². The fourth-order valence-corrected chi connectivity index (χ4v) is 4.71. The van der Waals surface area contributed by atoms with Crippen LogP contribution in [0.2, 0.25) is 0 Å². The summed E-state index contributed by atoms with van der Waals surface area (Å²) >= 11 is 0. The molecular formula is C20H31FN6O2. The van der Waals surface area contributed by atoms with Crippen LogP contribution < -0.4 is 15.8 Å². The van der Waals surface area contributed by atoms with Gasteiger partial charge in [0.25, 0.3) is 0 Å². The molecule has 0 aromatic carbocycles. The van der Waals surface area contributed by atoms with E-state index in [-0.39, 0.29) is 36.1 Å². The minimum absolute atomic E-state index is 0.000509. The van der Waals surface area contributed by atoms with Crippen LogP contribution in [0.15, 0.2) is 12.4 Å². The van der Waals surface area contributed by atoms with Crippen molar-refractivity contribution in [2.24, 2.45) is 5.92 Å². The molecule has 5 atom stereocenters. The summed E-state index contributed by atoms with van der Waals surface area (Å²) in [5, 5.41) is 0. The first-order chi connectivity index (χ1) is 14.0. The molecule has 3 fully saturated rings. The van der Waals surface area contributed by atoms with Gasteiger partial charge >= 0.3 is 0 Å². The largest absolute Gasteiger partial charge is 0.373 e. The first-order valence-electron chi connectivity index (χ1n) is 10.6. The lowest BCUT2D eigenvalue weighted by Gasteiger charge is -2.36. The molecule has 9 heteroatoms. The van der Waals surface area contributed by atoms with E-state index in [1.807, 2.05) is 36.6 Å². The Labute approximate surface area is 171 Å². The third-order valence-electron chi connectivity index (χ3n) is 6.22. The van der Waals surface area contributed by atoms with E-state index in [0.717, 1.165) is 24.6 Å². The van der Waals surface area contributed by atoms with E-state index in [2.05, 4.69) is 20.8 Å².